The van der Waals surface area contributed by atoms with Gasteiger partial charge in [0.2, 0.25) is 0 Å². The van der Waals surface area contributed by atoms with E-state index in [4.69, 9.17) is 21.6 Å². The van der Waals surface area contributed by atoms with E-state index >= 15 is 0 Å². The van der Waals surface area contributed by atoms with Crippen LogP contribution in [0.2, 0.25) is 5.02 Å². The fourth-order valence-electron chi connectivity index (χ4n) is 2.74. The first-order valence-electron chi connectivity index (χ1n) is 9.80. The van der Waals surface area contributed by atoms with E-state index in [1.54, 1.807) is 26.0 Å². The molecule has 172 valence electrons. The number of para-hydroxylation sites is 1. The smallest absolute Gasteiger partial charge is 0.329 e. The van der Waals surface area contributed by atoms with Crippen molar-refractivity contribution in [1.82, 2.24) is 5.32 Å². The summed E-state index contributed by atoms with van der Waals surface area (Å²) >= 11 is 5.98. The van der Waals surface area contributed by atoms with Crippen molar-refractivity contribution in [3.05, 3.63) is 68.7 Å². The summed E-state index contributed by atoms with van der Waals surface area (Å²) in [7, 11) is 0. The summed E-state index contributed by atoms with van der Waals surface area (Å²) in [4.78, 5) is 47.9. The molecule has 11 heteroatoms. The lowest BCUT2D eigenvalue weighted by atomic mass is 10.0. The Morgan fingerprint density at radius 3 is 2.39 bits per heavy atom. The third kappa shape index (κ3) is 6.51. The minimum atomic E-state index is -1.22. The summed E-state index contributed by atoms with van der Waals surface area (Å²) in [6, 6.07) is 10.5. The molecule has 0 aliphatic carbocycles. The molecule has 1 unspecified atom stereocenters. The van der Waals surface area contributed by atoms with Gasteiger partial charge in [-0.3, -0.25) is 19.7 Å². The molecule has 0 aliphatic rings. The van der Waals surface area contributed by atoms with Gasteiger partial charge in [0.25, 0.3) is 17.5 Å². The van der Waals surface area contributed by atoms with Crippen LogP contribution in [-0.4, -0.2) is 34.9 Å². The Morgan fingerprint density at radius 2 is 1.82 bits per heavy atom. The van der Waals surface area contributed by atoms with Crippen molar-refractivity contribution in [1.29, 1.82) is 5.26 Å². The van der Waals surface area contributed by atoms with E-state index in [1.807, 2.05) is 6.07 Å². The van der Waals surface area contributed by atoms with Crippen molar-refractivity contribution in [3.63, 3.8) is 0 Å². The minimum Gasteiger partial charge on any atom is -0.451 e. The zero-order chi connectivity index (χ0) is 24.7. The molecule has 0 heterocycles. The molecule has 0 fully saturated rings. The number of halogens is 1. The number of nitriles is 1. The van der Waals surface area contributed by atoms with Gasteiger partial charge in [0.15, 0.2) is 6.10 Å². The Labute approximate surface area is 194 Å². The molecule has 2 atom stereocenters. The second-order valence-corrected chi connectivity index (χ2v) is 7.75. The molecule has 2 N–H and O–H groups in total. The van der Waals surface area contributed by atoms with E-state index in [0.717, 1.165) is 12.1 Å². The van der Waals surface area contributed by atoms with Crippen LogP contribution in [0, 0.1) is 27.4 Å². The number of rotatable bonds is 8. The number of hydrogen-bond acceptors (Lipinski definition) is 7. The standard InChI is InChI=1S/C22H21ClN4O6/c1-12(2)19(26-21(29)16-9-8-15(27(31)32)10-17(16)23)22(30)33-13(3)20(28)25-18-7-5-4-6-14(18)11-24/h4-10,12-13,19H,1-3H3,(H,25,28)(H,26,29)/t13?,19-/m0/s1. The number of amides is 2. The Hall–Kier alpha value is -3.97. The molecule has 0 spiro atoms. The SMILES string of the molecule is CC(OC(=O)[C@@H](NC(=O)c1ccc([N+](=O)[O-])cc1Cl)C(C)C)C(=O)Nc1ccccc1C#N. The Kier molecular flexibility index (Phi) is 8.48. The van der Waals surface area contributed by atoms with E-state index in [2.05, 4.69) is 10.6 Å². The van der Waals surface area contributed by atoms with Crippen molar-refractivity contribution in [2.75, 3.05) is 5.32 Å². The maximum atomic E-state index is 12.7. The lowest BCUT2D eigenvalue weighted by Gasteiger charge is -2.23. The number of hydrogen-bond donors (Lipinski definition) is 2. The second kappa shape index (κ2) is 11.1. The average molecular weight is 473 g/mol. The summed E-state index contributed by atoms with van der Waals surface area (Å²) in [6.45, 7) is 4.68. The first kappa shape index (κ1) is 25.3. The number of ether oxygens (including phenoxy) is 1. The topological polar surface area (TPSA) is 151 Å². The van der Waals surface area contributed by atoms with Crippen LogP contribution < -0.4 is 10.6 Å². The number of nitro benzene ring substituents is 1. The predicted molar refractivity (Wildman–Crippen MR) is 120 cm³/mol. The molecule has 0 saturated carbocycles. The molecule has 33 heavy (non-hydrogen) atoms. The number of esters is 1. The van der Waals surface area contributed by atoms with Gasteiger partial charge in [-0.25, -0.2) is 4.79 Å². The van der Waals surface area contributed by atoms with Crippen LogP contribution in [0.1, 0.15) is 36.7 Å². The summed E-state index contributed by atoms with van der Waals surface area (Å²) in [6.07, 6.45) is -1.22. The van der Waals surface area contributed by atoms with E-state index in [1.165, 1.54) is 25.1 Å². The zero-order valence-corrected chi connectivity index (χ0v) is 18.8. The van der Waals surface area contributed by atoms with Gasteiger partial charge in [0.05, 0.1) is 26.8 Å². The van der Waals surface area contributed by atoms with Crippen molar-refractivity contribution < 1.29 is 24.0 Å². The van der Waals surface area contributed by atoms with Gasteiger partial charge < -0.3 is 15.4 Å². The van der Waals surface area contributed by atoms with Crippen LogP contribution in [0.3, 0.4) is 0 Å². The molecule has 0 aromatic heterocycles. The highest BCUT2D eigenvalue weighted by atomic mass is 35.5. The van der Waals surface area contributed by atoms with Gasteiger partial charge in [-0.1, -0.05) is 37.6 Å². The van der Waals surface area contributed by atoms with Crippen molar-refractivity contribution >= 4 is 40.8 Å². The van der Waals surface area contributed by atoms with Crippen molar-refractivity contribution in [3.8, 4) is 6.07 Å². The van der Waals surface area contributed by atoms with Crippen LogP contribution in [0.25, 0.3) is 0 Å². The first-order chi connectivity index (χ1) is 15.5. The van der Waals surface area contributed by atoms with Gasteiger partial charge in [0, 0.05) is 12.1 Å². The van der Waals surface area contributed by atoms with Gasteiger partial charge in [-0.15, -0.1) is 0 Å². The second-order valence-electron chi connectivity index (χ2n) is 7.34. The number of non-ortho nitro benzene ring substituents is 1. The summed E-state index contributed by atoms with van der Waals surface area (Å²) < 4.78 is 5.23. The third-order valence-corrected chi connectivity index (χ3v) is 4.90. The Balaban J connectivity index is 2.08. The molecule has 0 radical (unpaired) electrons. The lowest BCUT2D eigenvalue weighted by molar-refractivity contribution is -0.384. The minimum absolute atomic E-state index is 0.0559. The largest absolute Gasteiger partial charge is 0.451 e. The highest BCUT2D eigenvalue weighted by Gasteiger charge is 2.30. The molecular formula is C22H21ClN4O6. The molecule has 0 bridgehead atoms. The Bertz CT molecular complexity index is 1130. The lowest BCUT2D eigenvalue weighted by Crippen LogP contribution is -2.47. The fraction of sp³-hybridized carbons (Fsp3) is 0.273. The number of anilines is 1. The van der Waals surface area contributed by atoms with E-state index in [0.29, 0.717) is 0 Å². The van der Waals surface area contributed by atoms with Crippen LogP contribution in [0.4, 0.5) is 11.4 Å². The number of carbonyl (C=O) groups excluding carboxylic acids is 3. The molecule has 2 rings (SSSR count). The first-order valence-corrected chi connectivity index (χ1v) is 10.2. The molecule has 2 amide bonds. The maximum Gasteiger partial charge on any atom is 0.329 e. The number of nitro groups is 1. The summed E-state index contributed by atoms with van der Waals surface area (Å²) in [5.74, 6) is -2.65. The monoisotopic (exact) mass is 472 g/mol. The molecule has 2 aromatic carbocycles. The normalized spacial score (nSPS) is 12.2. The zero-order valence-electron chi connectivity index (χ0n) is 18.0. The molecule has 2 aromatic rings. The fourth-order valence-corrected chi connectivity index (χ4v) is 3.00. The molecular weight excluding hydrogens is 452 g/mol. The predicted octanol–water partition coefficient (Wildman–Crippen LogP) is 3.44. The number of nitrogens with zero attached hydrogens (tertiary/aromatic N) is 2. The Morgan fingerprint density at radius 1 is 1.15 bits per heavy atom. The maximum absolute atomic E-state index is 12.7. The van der Waals surface area contributed by atoms with Gasteiger partial charge in [-0.2, -0.15) is 5.26 Å². The quantitative estimate of drug-likeness (QED) is 0.339. The van der Waals surface area contributed by atoms with E-state index in [-0.39, 0.29) is 27.5 Å². The highest BCUT2D eigenvalue weighted by Crippen LogP contribution is 2.23. The number of nitrogens with one attached hydrogen (secondary N) is 2. The van der Waals surface area contributed by atoms with E-state index in [9.17, 15) is 24.5 Å². The molecule has 10 nitrogen and oxygen atoms in total. The van der Waals surface area contributed by atoms with E-state index < -0.39 is 40.8 Å². The van der Waals surface area contributed by atoms with Crippen LogP contribution in [0.5, 0.6) is 0 Å². The van der Waals surface area contributed by atoms with Gasteiger partial charge in [-0.05, 0) is 31.0 Å². The summed E-state index contributed by atoms with van der Waals surface area (Å²) in [5.41, 5.74) is 0.180. The average Bonchev–Trinajstić information content (AvgIpc) is 2.76. The highest BCUT2D eigenvalue weighted by molar-refractivity contribution is 6.34. The summed E-state index contributed by atoms with van der Waals surface area (Å²) in [5, 5.41) is 24.8. The third-order valence-electron chi connectivity index (χ3n) is 4.58. The number of carbonyl (C=O) groups is 3. The van der Waals surface area contributed by atoms with Crippen LogP contribution in [-0.2, 0) is 14.3 Å². The van der Waals surface area contributed by atoms with Gasteiger partial charge in [0.1, 0.15) is 12.1 Å². The number of benzene rings is 2. The van der Waals surface area contributed by atoms with Crippen LogP contribution >= 0.6 is 11.6 Å². The van der Waals surface area contributed by atoms with Crippen molar-refractivity contribution in [2.24, 2.45) is 5.92 Å². The van der Waals surface area contributed by atoms with Crippen LogP contribution in [0.15, 0.2) is 42.5 Å². The molecule has 0 aliphatic heterocycles. The van der Waals surface area contributed by atoms with Gasteiger partial charge >= 0.3 is 5.97 Å². The molecule has 0 saturated heterocycles. The van der Waals surface area contributed by atoms with Crippen molar-refractivity contribution in [2.45, 2.75) is 32.9 Å².